The van der Waals surface area contributed by atoms with Crippen LogP contribution >= 0.6 is 0 Å². The fourth-order valence-corrected chi connectivity index (χ4v) is 5.19. The first-order chi connectivity index (χ1) is 15.8. The van der Waals surface area contributed by atoms with Gasteiger partial charge in [-0.05, 0) is 99.0 Å². The van der Waals surface area contributed by atoms with E-state index in [4.69, 9.17) is 0 Å². The highest BCUT2D eigenvalue weighted by Gasteiger charge is 2.33. The first kappa shape index (κ1) is 23.7. The van der Waals surface area contributed by atoms with Gasteiger partial charge in [0.05, 0.1) is 5.56 Å². The lowest BCUT2D eigenvalue weighted by Crippen LogP contribution is -2.44. The van der Waals surface area contributed by atoms with Crippen molar-refractivity contribution in [2.45, 2.75) is 63.2 Å². The maximum atomic E-state index is 13.6. The van der Waals surface area contributed by atoms with Crippen molar-refractivity contribution in [1.29, 1.82) is 0 Å². The molecule has 1 aromatic heterocycles. The number of halogens is 4. The summed E-state index contributed by atoms with van der Waals surface area (Å²) < 4.78 is 52.2. The number of aromatic nitrogens is 1. The number of nitrogens with one attached hydrogen (secondary N) is 1. The third kappa shape index (κ3) is 6.10. The number of benzene rings is 1. The molecule has 2 aromatic rings. The van der Waals surface area contributed by atoms with Gasteiger partial charge in [-0.15, -0.1) is 0 Å². The Morgan fingerprint density at radius 1 is 1.00 bits per heavy atom. The van der Waals surface area contributed by atoms with E-state index in [0.29, 0.717) is 18.0 Å². The summed E-state index contributed by atoms with van der Waals surface area (Å²) in [5.74, 6) is -0.691. The topological polar surface area (TPSA) is 45.2 Å². The molecule has 1 aromatic carbocycles. The van der Waals surface area contributed by atoms with Gasteiger partial charge in [-0.1, -0.05) is 0 Å². The van der Waals surface area contributed by atoms with Crippen LogP contribution in [0, 0.1) is 11.7 Å². The predicted molar refractivity (Wildman–Crippen MR) is 117 cm³/mol. The molecule has 2 aliphatic rings. The van der Waals surface area contributed by atoms with Crippen LogP contribution in [0.25, 0.3) is 0 Å². The van der Waals surface area contributed by atoms with Gasteiger partial charge in [0, 0.05) is 30.9 Å². The lowest BCUT2D eigenvalue weighted by molar-refractivity contribution is -0.137. The molecule has 0 unspecified atom stereocenters. The summed E-state index contributed by atoms with van der Waals surface area (Å²) in [6.07, 6.45) is 4.72. The molecule has 0 atom stereocenters. The van der Waals surface area contributed by atoms with Crippen molar-refractivity contribution in [3.8, 4) is 0 Å². The van der Waals surface area contributed by atoms with Gasteiger partial charge in [-0.3, -0.25) is 9.78 Å². The fourth-order valence-electron chi connectivity index (χ4n) is 5.19. The van der Waals surface area contributed by atoms with Gasteiger partial charge in [0.15, 0.2) is 0 Å². The van der Waals surface area contributed by atoms with Gasteiger partial charge >= 0.3 is 6.18 Å². The molecular weight excluding hydrogens is 434 g/mol. The van der Waals surface area contributed by atoms with Crippen LogP contribution in [-0.2, 0) is 17.5 Å². The van der Waals surface area contributed by atoms with Gasteiger partial charge < -0.3 is 10.2 Å². The Kier molecular flexibility index (Phi) is 7.32. The predicted octanol–water partition coefficient (Wildman–Crippen LogP) is 5.29. The number of hydrogen-bond donors (Lipinski definition) is 1. The molecule has 0 radical (unpaired) electrons. The summed E-state index contributed by atoms with van der Waals surface area (Å²) in [4.78, 5) is 19.2. The number of likely N-dealkylation sites (tertiary alicyclic amines) is 1. The molecule has 8 heteroatoms. The van der Waals surface area contributed by atoms with Crippen LogP contribution in [0.1, 0.15) is 61.1 Å². The monoisotopic (exact) mass is 463 g/mol. The number of amides is 1. The molecule has 33 heavy (non-hydrogen) atoms. The van der Waals surface area contributed by atoms with Gasteiger partial charge in [0.2, 0.25) is 5.91 Å². The number of nitrogens with zero attached hydrogens (tertiary/aromatic N) is 2. The van der Waals surface area contributed by atoms with E-state index in [1.165, 1.54) is 5.56 Å². The minimum absolute atomic E-state index is 0.109. The van der Waals surface area contributed by atoms with Crippen LogP contribution in [0.3, 0.4) is 0 Å². The number of carbonyl (C=O) groups excluding carboxylic acids is 1. The van der Waals surface area contributed by atoms with Crippen molar-refractivity contribution in [1.82, 2.24) is 15.2 Å². The highest BCUT2D eigenvalue weighted by atomic mass is 19.4. The van der Waals surface area contributed by atoms with Crippen LogP contribution in [0.2, 0.25) is 0 Å². The zero-order valence-corrected chi connectivity index (χ0v) is 18.5. The average Bonchev–Trinajstić information content (AvgIpc) is 2.82. The second kappa shape index (κ2) is 10.2. The Labute approximate surface area is 191 Å². The van der Waals surface area contributed by atoms with Crippen LogP contribution < -0.4 is 5.32 Å². The maximum absolute atomic E-state index is 13.6. The quantitative estimate of drug-likeness (QED) is 0.613. The van der Waals surface area contributed by atoms with Gasteiger partial charge in [0.1, 0.15) is 5.82 Å². The van der Waals surface area contributed by atoms with Crippen molar-refractivity contribution in [2.24, 2.45) is 5.92 Å². The van der Waals surface area contributed by atoms with Gasteiger partial charge in [-0.25, -0.2) is 4.39 Å². The number of rotatable bonds is 5. The molecule has 178 valence electrons. The largest absolute Gasteiger partial charge is 0.416 e. The standard InChI is InChI=1S/C25H29F4N3O/c26-22-14-17(13-21(15-22)25(27,28)29)16-31-24(33)20-1-3-23(4-2-20)32-11-7-19(8-12-32)18-5-9-30-10-6-18/h5-6,9-10,13-15,19-20,23H,1-4,7-8,11-12,16H2,(H,31,33). The molecule has 1 aliphatic heterocycles. The van der Waals surface area contributed by atoms with E-state index < -0.39 is 17.6 Å². The number of alkyl halides is 3. The Balaban J connectivity index is 1.22. The summed E-state index contributed by atoms with van der Waals surface area (Å²) in [5, 5.41) is 2.70. The highest BCUT2D eigenvalue weighted by molar-refractivity contribution is 5.78. The van der Waals surface area contributed by atoms with Crippen LogP contribution in [0.5, 0.6) is 0 Å². The Morgan fingerprint density at radius 3 is 2.30 bits per heavy atom. The number of pyridine rings is 1. The van der Waals surface area contributed by atoms with E-state index in [-0.39, 0.29) is 23.9 Å². The lowest BCUT2D eigenvalue weighted by Gasteiger charge is -2.40. The van der Waals surface area contributed by atoms with Crippen LogP contribution in [0.15, 0.2) is 42.7 Å². The molecule has 2 fully saturated rings. The molecule has 2 heterocycles. The van der Waals surface area contributed by atoms with E-state index >= 15 is 0 Å². The van der Waals surface area contributed by atoms with E-state index in [1.54, 1.807) is 0 Å². The first-order valence-electron chi connectivity index (χ1n) is 11.6. The smallest absolute Gasteiger partial charge is 0.352 e. The number of carbonyl (C=O) groups is 1. The molecule has 1 amide bonds. The SMILES string of the molecule is O=C(NCc1cc(F)cc(C(F)(F)F)c1)C1CCC(N2CCC(c3ccncc3)CC2)CC1. The van der Waals surface area contributed by atoms with Crippen LogP contribution in [-0.4, -0.2) is 34.9 Å². The third-order valence-corrected chi connectivity index (χ3v) is 7.04. The van der Waals surface area contributed by atoms with E-state index in [2.05, 4.69) is 27.3 Å². The summed E-state index contributed by atoms with van der Waals surface area (Å²) >= 11 is 0. The number of hydrogen-bond acceptors (Lipinski definition) is 3. The molecule has 4 nitrogen and oxygen atoms in total. The molecule has 1 saturated heterocycles. The Morgan fingerprint density at radius 2 is 1.67 bits per heavy atom. The van der Waals surface area contributed by atoms with Gasteiger partial charge in [-0.2, -0.15) is 13.2 Å². The van der Waals surface area contributed by atoms with Gasteiger partial charge in [0.25, 0.3) is 0 Å². The second-order valence-electron chi connectivity index (χ2n) is 9.16. The van der Waals surface area contributed by atoms with E-state index in [9.17, 15) is 22.4 Å². The lowest BCUT2D eigenvalue weighted by atomic mass is 9.83. The normalized spacial score (nSPS) is 22.8. The van der Waals surface area contributed by atoms with E-state index in [0.717, 1.165) is 63.7 Å². The molecule has 0 spiro atoms. The molecule has 0 bridgehead atoms. The maximum Gasteiger partial charge on any atom is 0.416 e. The summed E-state index contributed by atoms with van der Waals surface area (Å²) in [5.41, 5.74) is 0.423. The second-order valence-corrected chi connectivity index (χ2v) is 9.16. The Hall–Kier alpha value is -2.48. The number of piperidine rings is 1. The molecule has 1 aliphatic carbocycles. The summed E-state index contributed by atoms with van der Waals surface area (Å²) in [6.45, 7) is 1.99. The fraction of sp³-hybridized carbons (Fsp3) is 0.520. The summed E-state index contributed by atoms with van der Waals surface area (Å²) in [6, 6.07) is 7.05. The minimum Gasteiger partial charge on any atom is -0.352 e. The third-order valence-electron chi connectivity index (χ3n) is 7.04. The Bertz CT molecular complexity index is 934. The van der Waals surface area contributed by atoms with Crippen molar-refractivity contribution >= 4 is 5.91 Å². The molecular formula is C25H29F4N3O. The highest BCUT2D eigenvalue weighted by Crippen LogP contribution is 2.34. The van der Waals surface area contributed by atoms with Crippen molar-refractivity contribution in [3.05, 3.63) is 65.2 Å². The minimum atomic E-state index is -4.62. The molecule has 1 saturated carbocycles. The van der Waals surface area contributed by atoms with Crippen molar-refractivity contribution in [3.63, 3.8) is 0 Å². The van der Waals surface area contributed by atoms with Crippen LogP contribution in [0.4, 0.5) is 17.6 Å². The first-order valence-corrected chi connectivity index (χ1v) is 11.6. The van der Waals surface area contributed by atoms with Crippen molar-refractivity contribution < 1.29 is 22.4 Å². The van der Waals surface area contributed by atoms with Crippen molar-refractivity contribution in [2.75, 3.05) is 13.1 Å². The summed E-state index contributed by atoms with van der Waals surface area (Å²) in [7, 11) is 0. The molecule has 1 N–H and O–H groups in total. The zero-order valence-electron chi connectivity index (χ0n) is 18.5. The zero-order chi connectivity index (χ0) is 23.4. The molecule has 4 rings (SSSR count). The average molecular weight is 464 g/mol. The van der Waals surface area contributed by atoms with E-state index in [1.807, 2.05) is 12.4 Å².